The first-order valence-corrected chi connectivity index (χ1v) is 16.0. The van der Waals surface area contributed by atoms with Crippen molar-refractivity contribution < 1.29 is 19.5 Å². The molecule has 0 unspecified atom stereocenters. The van der Waals surface area contributed by atoms with Crippen LogP contribution in [0.25, 0.3) is 98.8 Å². The van der Waals surface area contributed by atoms with Gasteiger partial charge in [0.15, 0.2) is 0 Å². The average molecular weight is 634 g/mol. The van der Waals surface area contributed by atoms with E-state index in [1.807, 2.05) is 72.8 Å². The summed E-state index contributed by atoms with van der Waals surface area (Å²) in [7, 11) is 0. The van der Waals surface area contributed by atoms with Crippen LogP contribution in [0.2, 0.25) is 0 Å². The first kappa shape index (κ1) is 18.8. The molecule has 49 heavy (non-hydrogen) atoms. The van der Waals surface area contributed by atoms with Crippen LogP contribution in [0.1, 0.15) is 15.1 Å². The number of rotatable bonds is 4. The first-order valence-electron chi connectivity index (χ1n) is 21.5. The van der Waals surface area contributed by atoms with Crippen LogP contribution in [0.15, 0.2) is 186 Å². The summed E-state index contributed by atoms with van der Waals surface area (Å²) in [5, 5.41) is 5.31. The van der Waals surface area contributed by atoms with Gasteiger partial charge in [-0.3, -0.25) is 0 Å². The Morgan fingerprint density at radius 2 is 0.918 bits per heavy atom. The van der Waals surface area contributed by atoms with E-state index >= 15 is 0 Å². The van der Waals surface area contributed by atoms with Crippen molar-refractivity contribution in [2.45, 2.75) is 0 Å². The Hall–Kier alpha value is -6.44. The topological polar surface area (TPSA) is 13.1 Å². The van der Waals surface area contributed by atoms with Gasteiger partial charge in [0.25, 0.3) is 0 Å². The Kier molecular flexibility index (Phi) is 4.25. The van der Waals surface area contributed by atoms with E-state index in [1.54, 1.807) is 0 Å². The fourth-order valence-corrected chi connectivity index (χ4v) is 7.29. The van der Waals surface area contributed by atoms with E-state index in [4.69, 9.17) is 16.8 Å². The van der Waals surface area contributed by atoms with Gasteiger partial charge in [0, 0.05) is 10.8 Å². The Bertz CT molecular complexity index is 3430. The molecule has 0 aliphatic heterocycles. The summed E-state index contributed by atoms with van der Waals surface area (Å²) in [6.07, 6.45) is 0. The van der Waals surface area contributed by atoms with Crippen molar-refractivity contribution in [1.82, 2.24) is 0 Å². The van der Waals surface area contributed by atoms with E-state index in [0.29, 0.717) is 16.3 Å². The van der Waals surface area contributed by atoms with Crippen molar-refractivity contribution in [1.29, 1.82) is 0 Å². The second-order valence-electron chi connectivity index (χ2n) is 12.0. The quantitative estimate of drug-likeness (QED) is 0.176. The Balaban J connectivity index is 1.37. The van der Waals surface area contributed by atoms with E-state index in [0.717, 1.165) is 43.8 Å². The lowest BCUT2D eigenvalue weighted by molar-refractivity contribution is 0.669. The number of hydrogen-bond acceptors (Lipinski definition) is 1. The molecule has 0 radical (unpaired) electrons. The van der Waals surface area contributed by atoms with Gasteiger partial charge in [0.1, 0.15) is 11.2 Å². The summed E-state index contributed by atoms with van der Waals surface area (Å²) in [4.78, 5) is 0. The first-order chi connectivity index (χ1) is 28.9. The monoisotopic (exact) mass is 633 g/mol. The molecule has 0 aliphatic rings. The maximum atomic E-state index is 9.59. The average Bonchev–Trinajstić information content (AvgIpc) is 3.67. The van der Waals surface area contributed by atoms with E-state index in [2.05, 4.69) is 42.5 Å². The van der Waals surface area contributed by atoms with Gasteiger partial charge in [-0.2, -0.15) is 0 Å². The highest BCUT2D eigenvalue weighted by Gasteiger charge is 2.22. The maximum absolute atomic E-state index is 9.59. The lowest BCUT2D eigenvalue weighted by Crippen LogP contribution is -1.92. The molecule has 0 saturated carbocycles. The van der Waals surface area contributed by atoms with Crippen LogP contribution in [0.4, 0.5) is 0 Å². The molecule has 9 aromatic carbocycles. The van der Waals surface area contributed by atoms with Gasteiger partial charge in [-0.15, -0.1) is 0 Å². The van der Waals surface area contributed by atoms with Gasteiger partial charge in [-0.05, 0) is 95.0 Å². The van der Waals surface area contributed by atoms with E-state index in [1.165, 1.54) is 0 Å². The van der Waals surface area contributed by atoms with E-state index in [9.17, 15) is 2.74 Å². The zero-order valence-electron chi connectivity index (χ0n) is 36.9. The molecule has 0 saturated heterocycles. The van der Waals surface area contributed by atoms with Crippen LogP contribution in [0, 0.1) is 0 Å². The van der Waals surface area contributed by atoms with Gasteiger partial charge in [0.2, 0.25) is 0 Å². The molecule has 10 aromatic rings. The minimum absolute atomic E-state index is 0.0495. The molecule has 1 heteroatoms. The normalized spacial score (nSPS) is 14.8. The summed E-state index contributed by atoms with van der Waals surface area (Å²) in [6, 6.07) is 32.1. The predicted octanol–water partition coefficient (Wildman–Crippen LogP) is 13.7. The molecule has 0 atom stereocenters. The Morgan fingerprint density at radius 3 is 1.63 bits per heavy atom. The van der Waals surface area contributed by atoms with Crippen molar-refractivity contribution in [2.24, 2.45) is 0 Å². The Labute approximate surface area is 299 Å². The minimum Gasteiger partial charge on any atom is -0.456 e. The predicted molar refractivity (Wildman–Crippen MR) is 208 cm³/mol. The van der Waals surface area contributed by atoms with Crippen molar-refractivity contribution in [3.63, 3.8) is 0 Å². The molecular formula is C48H30O. The molecule has 0 fully saturated rings. The van der Waals surface area contributed by atoms with E-state index in [-0.39, 0.29) is 44.7 Å². The fourth-order valence-electron chi connectivity index (χ4n) is 7.29. The lowest BCUT2D eigenvalue weighted by atomic mass is 9.84. The fraction of sp³-hybridized carbons (Fsp3) is 0. The van der Waals surface area contributed by atoms with Crippen LogP contribution in [0.3, 0.4) is 0 Å². The minimum atomic E-state index is -0.652. The van der Waals surface area contributed by atoms with Crippen LogP contribution in [-0.2, 0) is 0 Å². The number of fused-ring (bicyclic) bond motifs is 6. The summed E-state index contributed by atoms with van der Waals surface area (Å²) < 4.78 is 104. The summed E-state index contributed by atoms with van der Waals surface area (Å²) in [6.45, 7) is 0. The molecule has 228 valence electrons. The molecule has 0 bridgehead atoms. The van der Waals surface area contributed by atoms with Gasteiger partial charge < -0.3 is 4.42 Å². The molecule has 0 amide bonds. The van der Waals surface area contributed by atoms with Gasteiger partial charge in [0.05, 0.1) is 15.1 Å². The van der Waals surface area contributed by atoms with Gasteiger partial charge in [-0.25, -0.2) is 0 Å². The summed E-state index contributed by atoms with van der Waals surface area (Å²) in [5.41, 5.74) is 3.57. The highest BCUT2D eigenvalue weighted by Crippen LogP contribution is 2.48. The summed E-state index contributed by atoms with van der Waals surface area (Å²) >= 11 is 0. The molecular weight excluding hydrogens is 593 g/mol. The van der Waals surface area contributed by atoms with Crippen molar-refractivity contribution in [3.8, 4) is 44.5 Å². The number of furan rings is 1. The van der Waals surface area contributed by atoms with Crippen molar-refractivity contribution in [2.75, 3.05) is 0 Å². The largest absolute Gasteiger partial charge is 0.456 e. The molecule has 0 aliphatic carbocycles. The lowest BCUT2D eigenvalue weighted by Gasteiger charge is -2.19. The van der Waals surface area contributed by atoms with Gasteiger partial charge >= 0.3 is 0 Å². The molecule has 0 N–H and O–H groups in total. The third kappa shape index (κ3) is 4.33. The SMILES string of the molecule is [2H]c1c([2H])c([2H])c(-c2c([2H])c([2H])c([2H])c3oc4c([2H])c([2H])c([2H])c(-c5c6ccccc6c(-c6cccc(-c7cccc8ccccc78)c6)c6ccccc56)c4c23)c([2H])c1[2H]. The molecule has 0 spiro atoms. The zero-order chi connectivity index (χ0) is 41.9. The third-order valence-corrected chi connectivity index (χ3v) is 9.32. The summed E-state index contributed by atoms with van der Waals surface area (Å²) in [5.74, 6) is 0. The molecule has 1 nitrogen and oxygen atoms in total. The van der Waals surface area contributed by atoms with Gasteiger partial charge in [-0.1, -0.05) is 164 Å². The van der Waals surface area contributed by atoms with Crippen LogP contribution < -0.4 is 0 Å². The third-order valence-electron chi connectivity index (χ3n) is 9.32. The number of hydrogen-bond donors (Lipinski definition) is 0. The standard InChI is InChI=1S/C48H30O/c1-2-14-32(15-3-1)37-26-12-28-43-47(37)48-42(27-13-29-44(48)49-43)46-40-23-8-6-21-38(40)45(39-22-7-9-24-41(39)46)34-19-10-18-33(30-34)36-25-11-17-31-16-4-5-20-35(31)36/h1-30H/i1D,2D,3D,12D,13D,14D,15D,26D,27D,28D,29D. The second kappa shape index (κ2) is 11.1. The van der Waals surface area contributed by atoms with Crippen molar-refractivity contribution >= 4 is 54.3 Å². The van der Waals surface area contributed by atoms with Crippen molar-refractivity contribution in [3.05, 3.63) is 182 Å². The van der Waals surface area contributed by atoms with Crippen LogP contribution in [-0.4, -0.2) is 0 Å². The molecule has 1 heterocycles. The Morgan fingerprint density at radius 1 is 0.367 bits per heavy atom. The molecule has 10 rings (SSSR count). The zero-order valence-corrected chi connectivity index (χ0v) is 25.9. The number of benzene rings is 9. The second-order valence-corrected chi connectivity index (χ2v) is 12.0. The van der Waals surface area contributed by atoms with E-state index < -0.39 is 60.4 Å². The van der Waals surface area contributed by atoms with Crippen LogP contribution >= 0.6 is 0 Å². The van der Waals surface area contributed by atoms with Crippen LogP contribution in [0.5, 0.6) is 0 Å². The molecule has 1 aromatic heterocycles. The highest BCUT2D eigenvalue weighted by atomic mass is 16.3. The smallest absolute Gasteiger partial charge is 0.136 e. The highest BCUT2D eigenvalue weighted by molar-refractivity contribution is 6.27. The maximum Gasteiger partial charge on any atom is 0.136 e.